The van der Waals surface area contributed by atoms with Crippen LogP contribution < -0.4 is 5.32 Å². The Kier molecular flexibility index (Phi) is 6.08. The highest BCUT2D eigenvalue weighted by Gasteiger charge is 2.31. The van der Waals surface area contributed by atoms with Crippen LogP contribution in [0.1, 0.15) is 46.0 Å². The first kappa shape index (κ1) is 15.8. The van der Waals surface area contributed by atoms with E-state index in [1.54, 1.807) is 4.90 Å². The number of carbonyl (C=O) groups excluding carboxylic acids is 1. The molecule has 1 heterocycles. The highest BCUT2D eigenvalue weighted by Crippen LogP contribution is 2.20. The smallest absolute Gasteiger partial charge is 0.328 e. The minimum absolute atomic E-state index is 0.183. The molecule has 2 amide bonds. The monoisotopic (exact) mass is 272 g/mol. The van der Waals surface area contributed by atoms with Crippen molar-refractivity contribution in [1.82, 2.24) is 10.2 Å². The van der Waals surface area contributed by atoms with Gasteiger partial charge in [-0.25, -0.2) is 9.59 Å². The van der Waals surface area contributed by atoms with Crippen molar-refractivity contribution in [3.8, 4) is 0 Å². The van der Waals surface area contributed by atoms with E-state index in [-0.39, 0.29) is 12.1 Å². The number of urea groups is 1. The fraction of sp³-hybridized carbons (Fsp3) is 0.846. The first-order valence-electron chi connectivity index (χ1n) is 6.95. The second-order valence-corrected chi connectivity index (χ2v) is 5.14. The van der Waals surface area contributed by atoms with Crippen LogP contribution in [0, 0.1) is 0 Å². The number of carboxylic acids is 1. The number of hydrogen-bond donors (Lipinski definition) is 3. The zero-order valence-electron chi connectivity index (χ0n) is 11.6. The Morgan fingerprint density at radius 3 is 2.63 bits per heavy atom. The van der Waals surface area contributed by atoms with Crippen LogP contribution in [0.3, 0.4) is 0 Å². The van der Waals surface area contributed by atoms with Gasteiger partial charge >= 0.3 is 12.0 Å². The van der Waals surface area contributed by atoms with E-state index in [0.29, 0.717) is 6.54 Å². The molecule has 0 spiro atoms. The van der Waals surface area contributed by atoms with Gasteiger partial charge in [-0.1, -0.05) is 13.3 Å². The maximum absolute atomic E-state index is 12.1. The average Bonchev–Trinajstić information content (AvgIpc) is 2.36. The number of carboxylic acid groups (broad SMARTS) is 1. The second-order valence-electron chi connectivity index (χ2n) is 5.14. The van der Waals surface area contributed by atoms with E-state index in [9.17, 15) is 14.7 Å². The van der Waals surface area contributed by atoms with E-state index >= 15 is 0 Å². The Labute approximate surface area is 113 Å². The van der Waals surface area contributed by atoms with Crippen LogP contribution in [0.4, 0.5) is 4.79 Å². The Hall–Kier alpha value is -1.30. The highest BCUT2D eigenvalue weighted by atomic mass is 16.4. The molecule has 0 saturated carbocycles. The number of rotatable bonds is 5. The van der Waals surface area contributed by atoms with Crippen LogP contribution >= 0.6 is 0 Å². The number of aliphatic carboxylic acids is 1. The van der Waals surface area contributed by atoms with Crippen molar-refractivity contribution >= 4 is 12.0 Å². The molecule has 110 valence electrons. The molecule has 1 saturated heterocycles. The summed E-state index contributed by atoms with van der Waals surface area (Å²) in [5.74, 6) is -1.22. The van der Waals surface area contributed by atoms with E-state index in [1.807, 2.05) is 0 Å². The van der Waals surface area contributed by atoms with Crippen molar-refractivity contribution in [3.63, 3.8) is 0 Å². The molecule has 0 bridgehead atoms. The number of nitrogens with zero attached hydrogens (tertiary/aromatic N) is 1. The molecule has 0 aliphatic carbocycles. The normalized spacial score (nSPS) is 22.7. The quantitative estimate of drug-likeness (QED) is 0.701. The zero-order valence-corrected chi connectivity index (χ0v) is 11.6. The number of amides is 2. The summed E-state index contributed by atoms with van der Waals surface area (Å²) in [6.45, 7) is 4.09. The van der Waals surface area contributed by atoms with Crippen molar-refractivity contribution in [2.24, 2.45) is 0 Å². The second kappa shape index (κ2) is 7.33. The molecule has 0 aromatic carbocycles. The fourth-order valence-corrected chi connectivity index (χ4v) is 2.51. The summed E-state index contributed by atoms with van der Waals surface area (Å²) in [6, 6.07) is -1.45. The Morgan fingerprint density at radius 2 is 2.11 bits per heavy atom. The van der Waals surface area contributed by atoms with Crippen molar-refractivity contribution in [2.75, 3.05) is 6.54 Å². The SMILES string of the molecule is CCCC1CCCCN1C(=O)NC(C(=O)O)C(C)O. The zero-order chi connectivity index (χ0) is 14.4. The molecule has 6 heteroatoms. The molecule has 1 aliphatic heterocycles. The largest absolute Gasteiger partial charge is 0.480 e. The van der Waals surface area contributed by atoms with Crippen molar-refractivity contribution < 1.29 is 19.8 Å². The Balaban J connectivity index is 2.66. The van der Waals surface area contributed by atoms with E-state index < -0.39 is 18.1 Å². The summed E-state index contributed by atoms with van der Waals surface area (Å²) in [4.78, 5) is 24.8. The van der Waals surface area contributed by atoms with Crippen LogP contribution in [-0.4, -0.2) is 51.8 Å². The van der Waals surface area contributed by atoms with E-state index in [4.69, 9.17) is 5.11 Å². The summed E-state index contributed by atoms with van der Waals surface area (Å²) in [7, 11) is 0. The molecule has 6 nitrogen and oxygen atoms in total. The molecule has 1 rings (SSSR count). The molecule has 0 aromatic heterocycles. The first-order chi connectivity index (χ1) is 8.97. The van der Waals surface area contributed by atoms with Gasteiger partial charge in [0.2, 0.25) is 0 Å². The van der Waals surface area contributed by atoms with Crippen molar-refractivity contribution in [3.05, 3.63) is 0 Å². The maximum atomic E-state index is 12.1. The van der Waals surface area contributed by atoms with Gasteiger partial charge in [-0.2, -0.15) is 0 Å². The predicted molar refractivity (Wildman–Crippen MR) is 70.9 cm³/mol. The predicted octanol–water partition coefficient (Wildman–Crippen LogP) is 1.18. The lowest BCUT2D eigenvalue weighted by Gasteiger charge is -2.36. The molecular weight excluding hydrogens is 248 g/mol. The topological polar surface area (TPSA) is 89.9 Å². The number of piperidine rings is 1. The third-order valence-corrected chi connectivity index (χ3v) is 3.54. The highest BCUT2D eigenvalue weighted by molar-refractivity contribution is 5.83. The number of nitrogens with one attached hydrogen (secondary N) is 1. The summed E-state index contributed by atoms with van der Waals surface area (Å²) < 4.78 is 0. The van der Waals surface area contributed by atoms with Crippen LogP contribution in [-0.2, 0) is 4.79 Å². The van der Waals surface area contributed by atoms with Crippen molar-refractivity contribution in [1.29, 1.82) is 0 Å². The number of likely N-dealkylation sites (tertiary alicyclic amines) is 1. The van der Waals surface area contributed by atoms with Crippen LogP contribution in [0.25, 0.3) is 0 Å². The molecule has 19 heavy (non-hydrogen) atoms. The standard InChI is InChI=1S/C13H24N2O4/c1-3-6-10-7-4-5-8-15(10)13(19)14-11(9(2)16)12(17)18/h9-11,16H,3-8H2,1-2H3,(H,14,19)(H,17,18). The van der Waals surface area contributed by atoms with Gasteiger partial charge in [0.05, 0.1) is 6.10 Å². The molecule has 3 atom stereocenters. The van der Waals surface area contributed by atoms with Gasteiger partial charge in [-0.05, 0) is 32.6 Å². The van der Waals surface area contributed by atoms with E-state index in [1.165, 1.54) is 6.92 Å². The summed E-state index contributed by atoms with van der Waals surface area (Å²) in [6.07, 6.45) is 3.82. The molecule has 3 unspecified atom stereocenters. The van der Waals surface area contributed by atoms with Gasteiger partial charge < -0.3 is 20.4 Å². The average molecular weight is 272 g/mol. The van der Waals surface area contributed by atoms with Gasteiger partial charge in [-0.15, -0.1) is 0 Å². The summed E-state index contributed by atoms with van der Waals surface area (Å²) >= 11 is 0. The summed E-state index contributed by atoms with van der Waals surface area (Å²) in [5, 5.41) is 20.8. The minimum Gasteiger partial charge on any atom is -0.480 e. The van der Waals surface area contributed by atoms with Crippen molar-refractivity contribution in [2.45, 2.75) is 64.1 Å². The molecule has 0 radical (unpaired) electrons. The minimum atomic E-state index is -1.25. The lowest BCUT2D eigenvalue weighted by atomic mass is 9.98. The number of aliphatic hydroxyl groups excluding tert-OH is 1. The Bertz CT molecular complexity index is 318. The van der Waals surface area contributed by atoms with E-state index in [2.05, 4.69) is 12.2 Å². The third-order valence-electron chi connectivity index (χ3n) is 3.54. The van der Waals surface area contributed by atoms with Crippen LogP contribution in [0.2, 0.25) is 0 Å². The molecular formula is C13H24N2O4. The first-order valence-corrected chi connectivity index (χ1v) is 6.95. The summed E-state index contributed by atoms with van der Waals surface area (Å²) in [5.41, 5.74) is 0. The van der Waals surface area contributed by atoms with Crippen LogP contribution in [0.5, 0.6) is 0 Å². The van der Waals surface area contributed by atoms with Gasteiger partial charge in [0.15, 0.2) is 6.04 Å². The van der Waals surface area contributed by atoms with Gasteiger partial charge in [-0.3, -0.25) is 0 Å². The van der Waals surface area contributed by atoms with E-state index in [0.717, 1.165) is 32.1 Å². The maximum Gasteiger partial charge on any atom is 0.328 e. The number of carbonyl (C=O) groups is 2. The Morgan fingerprint density at radius 1 is 1.42 bits per heavy atom. The lowest BCUT2D eigenvalue weighted by molar-refractivity contribution is -0.141. The molecule has 1 aliphatic rings. The third kappa shape index (κ3) is 4.38. The number of aliphatic hydroxyl groups is 1. The van der Waals surface area contributed by atoms with Gasteiger partial charge in [0.25, 0.3) is 0 Å². The van der Waals surface area contributed by atoms with Gasteiger partial charge in [0.1, 0.15) is 0 Å². The number of hydrogen-bond acceptors (Lipinski definition) is 3. The fourth-order valence-electron chi connectivity index (χ4n) is 2.51. The van der Waals surface area contributed by atoms with Crippen LogP contribution in [0.15, 0.2) is 0 Å². The lowest BCUT2D eigenvalue weighted by Crippen LogP contribution is -2.55. The van der Waals surface area contributed by atoms with Gasteiger partial charge in [0, 0.05) is 12.6 Å². The molecule has 1 fully saturated rings. The molecule has 3 N–H and O–H groups in total. The molecule has 0 aromatic rings.